The molecule has 0 amide bonds. The molecule has 0 spiro atoms. The molecule has 5 heteroatoms. The number of nitrogens with one attached hydrogen (secondary N) is 1. The minimum absolute atomic E-state index is 0.710. The van der Waals surface area contributed by atoms with Gasteiger partial charge in [-0.15, -0.1) is 0 Å². The Morgan fingerprint density at radius 2 is 2.29 bits per heavy atom. The Bertz CT molecular complexity index is 354. The van der Waals surface area contributed by atoms with E-state index in [0.29, 0.717) is 6.04 Å². The molecule has 1 aromatic rings. The van der Waals surface area contributed by atoms with Crippen molar-refractivity contribution in [3.05, 3.63) is 12.0 Å². The first-order chi connectivity index (χ1) is 8.42. The molecule has 1 saturated heterocycles. The third-order valence-corrected chi connectivity index (χ3v) is 3.18. The number of nitrogens with zero attached hydrogens (tertiary/aromatic N) is 2. The van der Waals surface area contributed by atoms with Crippen LogP contribution in [0.4, 0.5) is 6.01 Å². The van der Waals surface area contributed by atoms with Crippen LogP contribution in [-0.4, -0.2) is 37.3 Å². The third kappa shape index (κ3) is 2.98. The van der Waals surface area contributed by atoms with Gasteiger partial charge in [0.2, 0.25) is 0 Å². The molecule has 2 fully saturated rings. The molecular formula is C12H19N3O2. The van der Waals surface area contributed by atoms with E-state index in [2.05, 4.69) is 15.2 Å². The predicted molar refractivity (Wildman–Crippen MR) is 64.0 cm³/mol. The van der Waals surface area contributed by atoms with Crippen molar-refractivity contribution in [2.24, 2.45) is 0 Å². The third-order valence-electron chi connectivity index (χ3n) is 3.18. The number of ether oxygens (including phenoxy) is 1. The molecule has 1 aliphatic heterocycles. The molecule has 94 valence electrons. The summed E-state index contributed by atoms with van der Waals surface area (Å²) in [5.41, 5.74) is 0.997. The Labute approximate surface area is 101 Å². The first-order valence-electron chi connectivity index (χ1n) is 6.42. The van der Waals surface area contributed by atoms with Crippen LogP contribution in [0.5, 0.6) is 0 Å². The summed E-state index contributed by atoms with van der Waals surface area (Å²) in [6.45, 7) is 4.26. The van der Waals surface area contributed by atoms with E-state index in [-0.39, 0.29) is 0 Å². The highest BCUT2D eigenvalue weighted by Crippen LogP contribution is 2.20. The van der Waals surface area contributed by atoms with E-state index >= 15 is 0 Å². The van der Waals surface area contributed by atoms with Crippen LogP contribution in [-0.2, 0) is 11.3 Å². The molecule has 0 bridgehead atoms. The van der Waals surface area contributed by atoms with E-state index in [4.69, 9.17) is 9.15 Å². The zero-order chi connectivity index (χ0) is 11.5. The summed E-state index contributed by atoms with van der Waals surface area (Å²) in [4.78, 5) is 6.68. The Hall–Kier alpha value is -1.07. The van der Waals surface area contributed by atoms with Gasteiger partial charge in [0, 0.05) is 32.3 Å². The van der Waals surface area contributed by atoms with Crippen molar-refractivity contribution in [1.29, 1.82) is 0 Å². The molecule has 5 nitrogen and oxygen atoms in total. The van der Waals surface area contributed by atoms with Crippen LogP contribution in [0, 0.1) is 0 Å². The second-order valence-corrected chi connectivity index (χ2v) is 4.73. The largest absolute Gasteiger partial charge is 0.432 e. The molecule has 0 radical (unpaired) electrons. The Morgan fingerprint density at radius 1 is 1.35 bits per heavy atom. The lowest BCUT2D eigenvalue weighted by molar-refractivity contribution is 0.152. The number of aromatic nitrogens is 1. The van der Waals surface area contributed by atoms with Crippen LogP contribution < -0.4 is 10.2 Å². The van der Waals surface area contributed by atoms with Gasteiger partial charge in [0.05, 0.1) is 12.3 Å². The van der Waals surface area contributed by atoms with Gasteiger partial charge in [-0.1, -0.05) is 0 Å². The van der Waals surface area contributed by atoms with E-state index in [1.54, 1.807) is 6.26 Å². The van der Waals surface area contributed by atoms with E-state index < -0.39 is 0 Å². The normalized spacial score (nSPS) is 21.5. The van der Waals surface area contributed by atoms with Gasteiger partial charge in [-0.3, -0.25) is 0 Å². The summed E-state index contributed by atoms with van der Waals surface area (Å²) >= 11 is 0. The smallest absolute Gasteiger partial charge is 0.297 e. The topological polar surface area (TPSA) is 50.5 Å². The Balaban J connectivity index is 1.57. The molecule has 1 N–H and O–H groups in total. The first-order valence-corrected chi connectivity index (χ1v) is 6.42. The predicted octanol–water partition coefficient (Wildman–Crippen LogP) is 1.15. The molecule has 0 unspecified atom stereocenters. The van der Waals surface area contributed by atoms with Gasteiger partial charge in [0.25, 0.3) is 6.01 Å². The lowest BCUT2D eigenvalue weighted by Crippen LogP contribution is -2.26. The number of rotatable bonds is 4. The van der Waals surface area contributed by atoms with Crippen molar-refractivity contribution in [2.75, 3.05) is 31.2 Å². The van der Waals surface area contributed by atoms with Gasteiger partial charge in [-0.2, -0.15) is 4.98 Å². The Kier molecular flexibility index (Phi) is 3.29. The summed E-state index contributed by atoms with van der Waals surface area (Å²) in [5, 5.41) is 3.44. The van der Waals surface area contributed by atoms with Crippen molar-refractivity contribution >= 4 is 6.01 Å². The maximum Gasteiger partial charge on any atom is 0.297 e. The van der Waals surface area contributed by atoms with Crippen molar-refractivity contribution < 1.29 is 9.15 Å². The molecule has 0 aromatic carbocycles. The molecule has 1 saturated carbocycles. The lowest BCUT2D eigenvalue weighted by Gasteiger charge is -2.16. The average Bonchev–Trinajstić information content (AvgIpc) is 3.12. The minimum Gasteiger partial charge on any atom is -0.432 e. The molecule has 2 aliphatic rings. The molecular weight excluding hydrogens is 218 g/mol. The van der Waals surface area contributed by atoms with Crippen LogP contribution in [0.15, 0.2) is 10.7 Å². The van der Waals surface area contributed by atoms with Crippen molar-refractivity contribution in [1.82, 2.24) is 10.3 Å². The van der Waals surface area contributed by atoms with Crippen LogP contribution in [0.25, 0.3) is 0 Å². The summed E-state index contributed by atoms with van der Waals surface area (Å²) in [5.74, 6) is 0. The maximum atomic E-state index is 5.53. The standard InChI is InChI=1S/C12H19N3O2/c1-4-15(5-7-16-6-1)12-14-11(9-17-12)8-13-10-2-3-10/h9-10,13H,1-8H2. The molecule has 1 aromatic heterocycles. The fraction of sp³-hybridized carbons (Fsp3) is 0.750. The van der Waals surface area contributed by atoms with Gasteiger partial charge in [-0.05, 0) is 19.3 Å². The van der Waals surface area contributed by atoms with E-state index in [0.717, 1.165) is 51.0 Å². The van der Waals surface area contributed by atoms with E-state index in [9.17, 15) is 0 Å². The first kappa shape index (κ1) is 11.0. The molecule has 1 aliphatic carbocycles. The second kappa shape index (κ2) is 5.06. The highest BCUT2D eigenvalue weighted by Gasteiger charge is 2.21. The van der Waals surface area contributed by atoms with Gasteiger partial charge < -0.3 is 19.4 Å². The minimum atomic E-state index is 0.710. The summed E-state index contributed by atoms with van der Waals surface area (Å²) in [6.07, 6.45) is 5.40. The lowest BCUT2D eigenvalue weighted by atomic mass is 10.4. The summed E-state index contributed by atoms with van der Waals surface area (Å²) in [7, 11) is 0. The molecule has 0 atom stereocenters. The number of hydrogen-bond donors (Lipinski definition) is 1. The monoisotopic (exact) mass is 237 g/mol. The van der Waals surface area contributed by atoms with Crippen LogP contribution in [0.2, 0.25) is 0 Å². The highest BCUT2D eigenvalue weighted by atomic mass is 16.5. The molecule has 2 heterocycles. The SMILES string of the molecule is c1oc(N2CCCOCC2)nc1CNC1CC1. The van der Waals surface area contributed by atoms with Gasteiger partial charge in [0.15, 0.2) is 0 Å². The second-order valence-electron chi connectivity index (χ2n) is 4.73. The highest BCUT2D eigenvalue weighted by molar-refractivity contribution is 5.27. The number of hydrogen-bond acceptors (Lipinski definition) is 5. The van der Waals surface area contributed by atoms with Gasteiger partial charge in [0.1, 0.15) is 6.26 Å². The van der Waals surface area contributed by atoms with Crippen LogP contribution in [0.3, 0.4) is 0 Å². The van der Waals surface area contributed by atoms with E-state index in [1.165, 1.54) is 12.8 Å². The summed E-state index contributed by atoms with van der Waals surface area (Å²) < 4.78 is 10.9. The fourth-order valence-corrected chi connectivity index (χ4v) is 2.00. The van der Waals surface area contributed by atoms with Crippen molar-refractivity contribution in [3.8, 4) is 0 Å². The molecule has 17 heavy (non-hydrogen) atoms. The van der Waals surface area contributed by atoms with Crippen molar-refractivity contribution in [3.63, 3.8) is 0 Å². The zero-order valence-electron chi connectivity index (χ0n) is 10.0. The van der Waals surface area contributed by atoms with Crippen LogP contribution in [0.1, 0.15) is 25.0 Å². The zero-order valence-corrected chi connectivity index (χ0v) is 10.0. The van der Waals surface area contributed by atoms with Gasteiger partial charge >= 0.3 is 0 Å². The van der Waals surface area contributed by atoms with Crippen molar-refractivity contribution in [2.45, 2.75) is 31.8 Å². The summed E-state index contributed by atoms with van der Waals surface area (Å²) in [6, 6.07) is 1.45. The molecule has 3 rings (SSSR count). The number of anilines is 1. The maximum absolute atomic E-state index is 5.53. The average molecular weight is 237 g/mol. The number of oxazole rings is 1. The Morgan fingerprint density at radius 3 is 3.18 bits per heavy atom. The quantitative estimate of drug-likeness (QED) is 0.851. The fourth-order valence-electron chi connectivity index (χ4n) is 2.00. The van der Waals surface area contributed by atoms with E-state index in [1.807, 2.05) is 0 Å². The van der Waals surface area contributed by atoms with Gasteiger partial charge in [-0.25, -0.2) is 0 Å². The van der Waals surface area contributed by atoms with Crippen LogP contribution >= 0.6 is 0 Å².